The van der Waals surface area contributed by atoms with E-state index >= 15 is 0 Å². The second-order valence-electron chi connectivity index (χ2n) is 5.68. The smallest absolute Gasteiger partial charge is 0.239 e. The maximum atomic E-state index is 12.4. The minimum Gasteiger partial charge on any atom is -0.339 e. The van der Waals surface area contributed by atoms with Gasteiger partial charge in [-0.05, 0) is 30.8 Å². The van der Waals surface area contributed by atoms with E-state index in [4.69, 9.17) is 0 Å². The zero-order chi connectivity index (χ0) is 13.8. The number of nitrogens with zero attached hydrogens (tertiary/aromatic N) is 2. The molecule has 1 amide bonds. The number of hydrogen-bond acceptors (Lipinski definition) is 4. The monoisotopic (exact) mass is 293 g/mol. The van der Waals surface area contributed by atoms with E-state index in [-0.39, 0.29) is 6.04 Å². The van der Waals surface area contributed by atoms with Gasteiger partial charge in [0.05, 0.1) is 6.04 Å². The Balaban J connectivity index is 1.46. The summed E-state index contributed by atoms with van der Waals surface area (Å²) in [4.78, 5) is 18.3. The van der Waals surface area contributed by atoms with Gasteiger partial charge in [-0.25, -0.2) is 0 Å². The minimum atomic E-state index is 0.0765. The molecule has 2 saturated heterocycles. The number of amides is 1. The highest BCUT2D eigenvalue weighted by atomic mass is 32.1. The second-order valence-corrected chi connectivity index (χ2v) is 6.72. The van der Waals surface area contributed by atoms with Crippen molar-refractivity contribution in [2.75, 3.05) is 32.7 Å². The van der Waals surface area contributed by atoms with Gasteiger partial charge < -0.3 is 10.2 Å². The standard InChI is InChI=1S/C15H23N3OS/c19-15(14-5-1-2-6-16-14)18-9-7-17(8-10-18)12-13-4-3-11-20-13/h3-4,11,14,16H,1-2,5-10,12H2/t14-/m0/s1. The molecule has 4 nitrogen and oxygen atoms in total. The summed E-state index contributed by atoms with van der Waals surface area (Å²) in [7, 11) is 0. The normalized spacial score (nSPS) is 24.8. The van der Waals surface area contributed by atoms with Crippen molar-refractivity contribution < 1.29 is 4.79 Å². The minimum absolute atomic E-state index is 0.0765. The van der Waals surface area contributed by atoms with Gasteiger partial charge in [-0.1, -0.05) is 12.5 Å². The van der Waals surface area contributed by atoms with Crippen molar-refractivity contribution in [2.45, 2.75) is 31.8 Å². The van der Waals surface area contributed by atoms with Crippen LogP contribution >= 0.6 is 11.3 Å². The number of carbonyl (C=O) groups is 1. The summed E-state index contributed by atoms with van der Waals surface area (Å²) in [6.45, 7) is 5.77. The molecular formula is C15H23N3OS. The fraction of sp³-hybridized carbons (Fsp3) is 0.667. The van der Waals surface area contributed by atoms with E-state index in [9.17, 15) is 4.79 Å². The number of piperazine rings is 1. The first-order chi connectivity index (χ1) is 9.83. The molecule has 5 heteroatoms. The lowest BCUT2D eigenvalue weighted by atomic mass is 10.0. The van der Waals surface area contributed by atoms with Gasteiger partial charge in [0, 0.05) is 37.6 Å². The first-order valence-corrected chi connectivity index (χ1v) is 8.48. The van der Waals surface area contributed by atoms with Gasteiger partial charge >= 0.3 is 0 Å². The van der Waals surface area contributed by atoms with Gasteiger partial charge in [0.15, 0.2) is 0 Å². The van der Waals surface area contributed by atoms with Crippen molar-refractivity contribution in [3.05, 3.63) is 22.4 Å². The molecule has 3 heterocycles. The molecule has 2 aliphatic rings. The van der Waals surface area contributed by atoms with Crippen molar-refractivity contribution >= 4 is 17.2 Å². The molecule has 1 atom stereocenters. The van der Waals surface area contributed by atoms with E-state index in [1.54, 1.807) is 0 Å². The van der Waals surface area contributed by atoms with Crippen LogP contribution in [0.4, 0.5) is 0 Å². The van der Waals surface area contributed by atoms with Crippen LogP contribution in [-0.2, 0) is 11.3 Å². The van der Waals surface area contributed by atoms with E-state index in [0.29, 0.717) is 5.91 Å². The van der Waals surface area contributed by atoms with E-state index in [1.165, 1.54) is 17.7 Å². The number of piperidine rings is 1. The zero-order valence-electron chi connectivity index (χ0n) is 11.9. The fourth-order valence-corrected chi connectivity index (χ4v) is 3.78. The predicted molar refractivity (Wildman–Crippen MR) is 81.8 cm³/mol. The number of hydrogen-bond donors (Lipinski definition) is 1. The zero-order valence-corrected chi connectivity index (χ0v) is 12.7. The third-order valence-electron chi connectivity index (χ3n) is 4.25. The number of nitrogens with one attached hydrogen (secondary N) is 1. The van der Waals surface area contributed by atoms with Crippen molar-refractivity contribution in [1.82, 2.24) is 15.1 Å². The molecule has 0 saturated carbocycles. The highest BCUT2D eigenvalue weighted by Gasteiger charge is 2.28. The predicted octanol–water partition coefficient (Wildman–Crippen LogP) is 1.53. The summed E-state index contributed by atoms with van der Waals surface area (Å²) < 4.78 is 0. The Morgan fingerprint density at radius 1 is 1.30 bits per heavy atom. The third kappa shape index (κ3) is 3.40. The van der Waals surface area contributed by atoms with Crippen molar-refractivity contribution in [1.29, 1.82) is 0 Å². The summed E-state index contributed by atoms with van der Waals surface area (Å²) in [6.07, 6.45) is 3.40. The van der Waals surface area contributed by atoms with Gasteiger partial charge in [0.25, 0.3) is 0 Å². The van der Waals surface area contributed by atoms with Gasteiger partial charge in [-0.2, -0.15) is 0 Å². The van der Waals surface area contributed by atoms with E-state index in [1.807, 2.05) is 16.2 Å². The summed E-state index contributed by atoms with van der Waals surface area (Å²) in [5.74, 6) is 0.320. The maximum absolute atomic E-state index is 12.4. The van der Waals surface area contributed by atoms with Gasteiger partial charge in [-0.15, -0.1) is 11.3 Å². The van der Waals surface area contributed by atoms with E-state index in [2.05, 4.69) is 27.7 Å². The Kier molecular flexibility index (Phi) is 4.70. The van der Waals surface area contributed by atoms with Gasteiger partial charge in [-0.3, -0.25) is 9.69 Å². The van der Waals surface area contributed by atoms with Crippen LogP contribution in [0.1, 0.15) is 24.1 Å². The number of rotatable bonds is 3. The fourth-order valence-electron chi connectivity index (χ4n) is 3.03. The van der Waals surface area contributed by atoms with Crippen LogP contribution in [0.25, 0.3) is 0 Å². The molecule has 1 aromatic rings. The molecule has 0 bridgehead atoms. The molecule has 0 aliphatic carbocycles. The molecule has 3 rings (SSSR count). The van der Waals surface area contributed by atoms with E-state index < -0.39 is 0 Å². The SMILES string of the molecule is O=C([C@@H]1CCCCN1)N1CCN(Cc2cccs2)CC1. The lowest BCUT2D eigenvalue weighted by Crippen LogP contribution is -2.54. The van der Waals surface area contributed by atoms with Crippen LogP contribution < -0.4 is 5.32 Å². The molecule has 1 aromatic heterocycles. The quantitative estimate of drug-likeness (QED) is 0.918. The molecule has 0 radical (unpaired) electrons. The van der Waals surface area contributed by atoms with Crippen LogP contribution in [0.3, 0.4) is 0 Å². The number of thiophene rings is 1. The summed E-state index contributed by atoms with van der Waals surface area (Å²) in [6, 6.07) is 4.37. The Morgan fingerprint density at radius 3 is 2.80 bits per heavy atom. The molecule has 0 spiro atoms. The highest BCUT2D eigenvalue weighted by Crippen LogP contribution is 2.15. The Hall–Kier alpha value is -0.910. The molecular weight excluding hydrogens is 270 g/mol. The molecule has 2 fully saturated rings. The van der Waals surface area contributed by atoms with Crippen LogP contribution in [-0.4, -0.2) is 54.5 Å². The lowest BCUT2D eigenvalue weighted by Gasteiger charge is -2.37. The third-order valence-corrected chi connectivity index (χ3v) is 5.11. The molecule has 110 valence electrons. The molecule has 0 unspecified atom stereocenters. The number of carbonyl (C=O) groups excluding carboxylic acids is 1. The Morgan fingerprint density at radius 2 is 2.15 bits per heavy atom. The Labute approximate surface area is 124 Å². The maximum Gasteiger partial charge on any atom is 0.239 e. The van der Waals surface area contributed by atoms with Crippen LogP contribution in [0.2, 0.25) is 0 Å². The topological polar surface area (TPSA) is 35.6 Å². The van der Waals surface area contributed by atoms with Crippen LogP contribution in [0, 0.1) is 0 Å². The van der Waals surface area contributed by atoms with Crippen LogP contribution in [0.15, 0.2) is 17.5 Å². The van der Waals surface area contributed by atoms with Crippen LogP contribution in [0.5, 0.6) is 0 Å². The average Bonchev–Trinajstić information content (AvgIpc) is 3.01. The lowest BCUT2D eigenvalue weighted by molar-refractivity contribution is -0.135. The van der Waals surface area contributed by atoms with Crippen molar-refractivity contribution in [2.24, 2.45) is 0 Å². The summed E-state index contributed by atoms with van der Waals surface area (Å²) >= 11 is 1.81. The van der Waals surface area contributed by atoms with Crippen molar-refractivity contribution in [3.63, 3.8) is 0 Å². The molecule has 2 aliphatic heterocycles. The molecule has 20 heavy (non-hydrogen) atoms. The first-order valence-electron chi connectivity index (χ1n) is 7.60. The van der Waals surface area contributed by atoms with Gasteiger partial charge in [0.1, 0.15) is 0 Å². The van der Waals surface area contributed by atoms with E-state index in [0.717, 1.165) is 45.7 Å². The Bertz CT molecular complexity index is 420. The highest BCUT2D eigenvalue weighted by molar-refractivity contribution is 7.09. The second kappa shape index (κ2) is 6.70. The van der Waals surface area contributed by atoms with Crippen molar-refractivity contribution in [3.8, 4) is 0 Å². The average molecular weight is 293 g/mol. The first kappa shape index (κ1) is 14.0. The summed E-state index contributed by atoms with van der Waals surface area (Å²) in [5, 5.41) is 5.49. The largest absolute Gasteiger partial charge is 0.339 e. The molecule has 0 aromatic carbocycles. The summed E-state index contributed by atoms with van der Waals surface area (Å²) in [5.41, 5.74) is 0. The molecule has 1 N–H and O–H groups in total. The van der Waals surface area contributed by atoms with Gasteiger partial charge in [0.2, 0.25) is 5.91 Å².